The van der Waals surface area contributed by atoms with Crippen LogP contribution >= 0.6 is 0 Å². The van der Waals surface area contributed by atoms with E-state index in [0.717, 1.165) is 5.56 Å². The molecule has 0 aliphatic carbocycles. The van der Waals surface area contributed by atoms with E-state index < -0.39 is 0 Å². The van der Waals surface area contributed by atoms with Gasteiger partial charge in [-0.2, -0.15) is 0 Å². The second-order valence-electron chi connectivity index (χ2n) is 6.67. The summed E-state index contributed by atoms with van der Waals surface area (Å²) in [6.45, 7) is 2.12. The van der Waals surface area contributed by atoms with Gasteiger partial charge in [0.15, 0.2) is 0 Å². The van der Waals surface area contributed by atoms with Gasteiger partial charge in [-0.05, 0) is 31.2 Å². The molecule has 0 aliphatic heterocycles. The van der Waals surface area contributed by atoms with Crippen LogP contribution in [0.25, 0.3) is 10.9 Å². The number of carbonyl (C=O) groups is 2. The zero-order chi connectivity index (χ0) is 20.1. The second-order valence-corrected chi connectivity index (χ2v) is 6.67. The molecule has 144 valence electrons. The Morgan fingerprint density at radius 3 is 2.57 bits per heavy atom. The largest absolute Gasteiger partial charge is 0.336 e. The average molecular weight is 378 g/mol. The van der Waals surface area contributed by atoms with E-state index in [1.807, 2.05) is 37.3 Å². The van der Waals surface area contributed by atoms with Crippen LogP contribution in [0.2, 0.25) is 0 Å². The summed E-state index contributed by atoms with van der Waals surface area (Å²) in [6.07, 6.45) is 1.55. The highest BCUT2D eigenvalue weighted by molar-refractivity contribution is 5.94. The Balaban J connectivity index is 1.55. The van der Waals surface area contributed by atoms with E-state index in [1.54, 1.807) is 25.2 Å². The molecule has 0 saturated heterocycles. The number of rotatable bonds is 6. The molecule has 1 heterocycles. The minimum Gasteiger partial charge on any atom is -0.336 e. The Kier molecular flexibility index (Phi) is 5.84. The van der Waals surface area contributed by atoms with Crippen molar-refractivity contribution in [2.24, 2.45) is 0 Å². The van der Waals surface area contributed by atoms with E-state index in [0.29, 0.717) is 16.6 Å². The van der Waals surface area contributed by atoms with Crippen LogP contribution < -0.4 is 10.9 Å². The fraction of sp³-hybridized carbons (Fsp3) is 0.238. The number of likely N-dealkylation sites (N-methyl/N-ethyl adjacent to an activating group) is 1. The number of hydrogen-bond acceptors (Lipinski definition) is 4. The summed E-state index contributed by atoms with van der Waals surface area (Å²) < 4.78 is 1.42. The number of fused-ring (bicyclic) bond motifs is 1. The molecule has 0 atom stereocenters. The predicted octanol–water partition coefficient (Wildman–Crippen LogP) is 2.19. The molecule has 2 aromatic carbocycles. The number of benzene rings is 2. The van der Waals surface area contributed by atoms with Gasteiger partial charge in [0.25, 0.3) is 5.56 Å². The molecule has 0 fully saturated rings. The maximum atomic E-state index is 12.4. The number of para-hydroxylation sites is 1. The number of nitrogens with one attached hydrogen (secondary N) is 1. The molecule has 0 saturated carbocycles. The second kappa shape index (κ2) is 8.47. The monoisotopic (exact) mass is 378 g/mol. The number of aryl methyl sites for hydroxylation is 2. The third-order valence-corrected chi connectivity index (χ3v) is 4.44. The van der Waals surface area contributed by atoms with Gasteiger partial charge in [0.1, 0.15) is 0 Å². The van der Waals surface area contributed by atoms with E-state index in [9.17, 15) is 14.4 Å². The maximum absolute atomic E-state index is 12.4. The highest BCUT2D eigenvalue weighted by atomic mass is 16.2. The van der Waals surface area contributed by atoms with Crippen molar-refractivity contribution in [2.45, 2.75) is 19.9 Å². The van der Waals surface area contributed by atoms with E-state index in [-0.39, 0.29) is 36.9 Å². The normalized spacial score (nSPS) is 10.6. The van der Waals surface area contributed by atoms with Crippen molar-refractivity contribution in [3.05, 3.63) is 70.8 Å². The molecule has 3 rings (SSSR count). The summed E-state index contributed by atoms with van der Waals surface area (Å²) in [7, 11) is 1.57. The summed E-state index contributed by atoms with van der Waals surface area (Å²) >= 11 is 0. The number of amides is 2. The predicted molar refractivity (Wildman–Crippen MR) is 108 cm³/mol. The molecule has 7 heteroatoms. The van der Waals surface area contributed by atoms with Crippen molar-refractivity contribution in [3.63, 3.8) is 0 Å². The van der Waals surface area contributed by atoms with Crippen LogP contribution in [-0.4, -0.2) is 39.9 Å². The first-order valence-corrected chi connectivity index (χ1v) is 8.99. The van der Waals surface area contributed by atoms with Gasteiger partial charge in [0, 0.05) is 25.7 Å². The van der Waals surface area contributed by atoms with Crippen molar-refractivity contribution in [1.29, 1.82) is 0 Å². The Morgan fingerprint density at radius 1 is 1.11 bits per heavy atom. The first kappa shape index (κ1) is 19.3. The summed E-state index contributed by atoms with van der Waals surface area (Å²) in [5.41, 5.74) is 2.23. The van der Waals surface area contributed by atoms with Crippen molar-refractivity contribution in [3.8, 4) is 0 Å². The number of anilines is 1. The standard InChI is InChI=1S/C21H22N4O3/c1-15-7-9-16(10-8-15)23-19(26)13-24(2)20(27)11-12-25-14-22-18-6-4-3-5-17(18)21(25)28/h3-10,14H,11-13H2,1-2H3,(H,23,26). The van der Waals surface area contributed by atoms with E-state index in [2.05, 4.69) is 10.3 Å². The van der Waals surface area contributed by atoms with Gasteiger partial charge in [-0.3, -0.25) is 19.0 Å². The maximum Gasteiger partial charge on any atom is 0.261 e. The molecule has 0 unspecified atom stereocenters. The zero-order valence-corrected chi connectivity index (χ0v) is 15.9. The molecule has 7 nitrogen and oxygen atoms in total. The van der Waals surface area contributed by atoms with Gasteiger partial charge < -0.3 is 10.2 Å². The third-order valence-electron chi connectivity index (χ3n) is 4.44. The van der Waals surface area contributed by atoms with Crippen LogP contribution in [0.1, 0.15) is 12.0 Å². The van der Waals surface area contributed by atoms with E-state index in [1.165, 1.54) is 15.8 Å². The first-order chi connectivity index (χ1) is 13.4. The molecule has 0 spiro atoms. The quantitative estimate of drug-likeness (QED) is 0.713. The van der Waals surface area contributed by atoms with E-state index >= 15 is 0 Å². The van der Waals surface area contributed by atoms with Crippen molar-refractivity contribution < 1.29 is 9.59 Å². The molecule has 1 aromatic heterocycles. The molecule has 0 bridgehead atoms. The number of nitrogens with zero attached hydrogens (tertiary/aromatic N) is 3. The van der Waals surface area contributed by atoms with Gasteiger partial charge >= 0.3 is 0 Å². The Hall–Kier alpha value is -3.48. The van der Waals surface area contributed by atoms with Crippen LogP contribution in [0, 0.1) is 6.92 Å². The zero-order valence-electron chi connectivity index (χ0n) is 15.9. The Labute approximate surface area is 162 Å². The lowest BCUT2D eigenvalue weighted by Crippen LogP contribution is -2.35. The lowest BCUT2D eigenvalue weighted by Gasteiger charge is -2.17. The van der Waals surface area contributed by atoms with E-state index in [4.69, 9.17) is 0 Å². The van der Waals surface area contributed by atoms with Crippen LogP contribution in [-0.2, 0) is 16.1 Å². The summed E-state index contributed by atoms with van der Waals surface area (Å²) in [5, 5.41) is 3.28. The van der Waals surface area contributed by atoms with Crippen molar-refractivity contribution in [1.82, 2.24) is 14.5 Å². The number of aromatic nitrogens is 2. The Bertz CT molecular complexity index is 1060. The SMILES string of the molecule is Cc1ccc(NC(=O)CN(C)C(=O)CCn2cnc3ccccc3c2=O)cc1. The van der Waals surface area contributed by atoms with Gasteiger partial charge in [-0.25, -0.2) is 4.98 Å². The van der Waals surface area contributed by atoms with Crippen molar-refractivity contribution >= 4 is 28.4 Å². The summed E-state index contributed by atoms with van der Waals surface area (Å²) in [4.78, 5) is 42.5. The van der Waals surface area contributed by atoms with Crippen LogP contribution in [0.15, 0.2) is 59.7 Å². The molecule has 1 N–H and O–H groups in total. The summed E-state index contributed by atoms with van der Waals surface area (Å²) in [5.74, 6) is -0.497. The first-order valence-electron chi connectivity index (χ1n) is 8.99. The molecule has 3 aromatic rings. The molecule has 0 radical (unpaired) electrons. The van der Waals surface area contributed by atoms with Gasteiger partial charge in [-0.15, -0.1) is 0 Å². The minimum atomic E-state index is -0.274. The molecule has 2 amide bonds. The molecular formula is C21H22N4O3. The minimum absolute atomic E-state index is 0.0580. The van der Waals surface area contributed by atoms with Gasteiger partial charge in [0.05, 0.1) is 23.8 Å². The molecule has 28 heavy (non-hydrogen) atoms. The van der Waals surface area contributed by atoms with Crippen LogP contribution in [0.5, 0.6) is 0 Å². The Morgan fingerprint density at radius 2 is 1.82 bits per heavy atom. The third kappa shape index (κ3) is 4.62. The highest BCUT2D eigenvalue weighted by Crippen LogP contribution is 2.09. The smallest absolute Gasteiger partial charge is 0.261 e. The summed E-state index contributed by atoms with van der Waals surface area (Å²) in [6, 6.07) is 14.5. The lowest BCUT2D eigenvalue weighted by atomic mass is 10.2. The fourth-order valence-corrected chi connectivity index (χ4v) is 2.81. The van der Waals surface area contributed by atoms with Crippen molar-refractivity contribution in [2.75, 3.05) is 18.9 Å². The molecule has 0 aliphatic rings. The average Bonchev–Trinajstić information content (AvgIpc) is 2.69. The fourth-order valence-electron chi connectivity index (χ4n) is 2.81. The molecular weight excluding hydrogens is 356 g/mol. The number of hydrogen-bond donors (Lipinski definition) is 1. The lowest BCUT2D eigenvalue weighted by molar-refractivity contribution is -0.133. The van der Waals surface area contributed by atoms with Gasteiger partial charge in [-0.1, -0.05) is 29.8 Å². The van der Waals surface area contributed by atoms with Crippen LogP contribution in [0.3, 0.4) is 0 Å². The van der Waals surface area contributed by atoms with Crippen LogP contribution in [0.4, 0.5) is 5.69 Å². The highest BCUT2D eigenvalue weighted by Gasteiger charge is 2.14. The number of carbonyl (C=O) groups excluding carboxylic acids is 2. The van der Waals surface area contributed by atoms with Gasteiger partial charge in [0.2, 0.25) is 11.8 Å². The topological polar surface area (TPSA) is 84.3 Å².